The Bertz CT molecular complexity index is 537. The van der Waals surface area contributed by atoms with Crippen molar-refractivity contribution < 1.29 is 26.0 Å². The molecular weight excluding hydrogens is 288 g/mol. The average molecular weight is 300 g/mol. The van der Waals surface area contributed by atoms with Crippen molar-refractivity contribution in [3.05, 3.63) is 24.0 Å². The Morgan fingerprint density at radius 3 is 2.32 bits per heavy atom. The predicted molar refractivity (Wildman–Crippen MR) is 61.3 cm³/mol. The van der Waals surface area contributed by atoms with Crippen LogP contribution in [0.1, 0.15) is 6.42 Å². The SMILES string of the molecule is CN(CCC(F)(F)F)S(=O)(=O)c1cc(N)cc(F)c1. The fourth-order valence-electron chi connectivity index (χ4n) is 1.32. The van der Waals surface area contributed by atoms with Gasteiger partial charge in [0, 0.05) is 19.3 Å². The molecule has 0 spiro atoms. The van der Waals surface area contributed by atoms with Crippen LogP contribution in [-0.4, -0.2) is 32.5 Å². The first-order chi connectivity index (χ1) is 8.52. The van der Waals surface area contributed by atoms with Gasteiger partial charge in [0.1, 0.15) is 5.82 Å². The lowest BCUT2D eigenvalue weighted by Crippen LogP contribution is -2.30. The number of alkyl halides is 3. The number of nitrogen functional groups attached to an aromatic ring is 1. The van der Waals surface area contributed by atoms with Gasteiger partial charge in [0.25, 0.3) is 0 Å². The molecule has 9 heteroatoms. The van der Waals surface area contributed by atoms with Crippen LogP contribution in [0.15, 0.2) is 23.1 Å². The number of nitrogens with zero attached hydrogens (tertiary/aromatic N) is 1. The maximum Gasteiger partial charge on any atom is 0.390 e. The van der Waals surface area contributed by atoms with E-state index in [1.807, 2.05) is 0 Å². The zero-order valence-corrected chi connectivity index (χ0v) is 10.7. The highest BCUT2D eigenvalue weighted by molar-refractivity contribution is 7.89. The molecule has 0 aromatic heterocycles. The van der Waals surface area contributed by atoms with Gasteiger partial charge in [0.15, 0.2) is 0 Å². The molecule has 19 heavy (non-hydrogen) atoms. The highest BCUT2D eigenvalue weighted by Gasteiger charge is 2.30. The number of hydrogen-bond donors (Lipinski definition) is 1. The maximum absolute atomic E-state index is 13.1. The van der Waals surface area contributed by atoms with Crippen molar-refractivity contribution in [2.24, 2.45) is 0 Å². The Balaban J connectivity index is 2.97. The molecule has 0 saturated carbocycles. The lowest BCUT2D eigenvalue weighted by molar-refractivity contribution is -0.135. The molecule has 0 atom stereocenters. The van der Waals surface area contributed by atoms with Gasteiger partial charge in [-0.1, -0.05) is 0 Å². The Labute approximate surface area is 107 Å². The summed E-state index contributed by atoms with van der Waals surface area (Å²) in [4.78, 5) is -0.477. The minimum atomic E-state index is -4.47. The molecule has 0 aliphatic heterocycles. The molecule has 1 aromatic rings. The molecule has 0 bridgehead atoms. The second-order valence-electron chi connectivity index (χ2n) is 3.91. The maximum atomic E-state index is 13.1. The Hall–Kier alpha value is -1.35. The van der Waals surface area contributed by atoms with Crippen LogP contribution in [0.3, 0.4) is 0 Å². The number of sulfonamides is 1. The Morgan fingerprint density at radius 2 is 1.84 bits per heavy atom. The second-order valence-corrected chi connectivity index (χ2v) is 5.96. The Kier molecular flexibility index (Phi) is 4.41. The van der Waals surface area contributed by atoms with Crippen molar-refractivity contribution in [2.75, 3.05) is 19.3 Å². The summed E-state index contributed by atoms with van der Waals surface area (Å²) in [5, 5.41) is 0. The summed E-state index contributed by atoms with van der Waals surface area (Å²) in [5.74, 6) is -0.872. The normalized spacial score (nSPS) is 12.9. The van der Waals surface area contributed by atoms with Crippen LogP contribution >= 0.6 is 0 Å². The van der Waals surface area contributed by atoms with Gasteiger partial charge < -0.3 is 5.73 Å². The molecule has 1 aromatic carbocycles. The third-order valence-corrected chi connectivity index (χ3v) is 4.15. The standard InChI is InChI=1S/C10H12F4N2O2S/c1-16(3-2-10(12,13)14)19(17,18)9-5-7(11)4-8(15)6-9/h4-6H,2-3,15H2,1H3. The van der Waals surface area contributed by atoms with Crippen LogP contribution in [0, 0.1) is 5.82 Å². The van der Waals surface area contributed by atoms with Crippen molar-refractivity contribution in [1.82, 2.24) is 4.31 Å². The summed E-state index contributed by atoms with van der Waals surface area (Å²) in [6.45, 7) is -0.748. The summed E-state index contributed by atoms with van der Waals surface area (Å²) >= 11 is 0. The minimum absolute atomic E-state index is 0.122. The van der Waals surface area contributed by atoms with E-state index >= 15 is 0 Å². The molecule has 0 saturated heterocycles. The molecule has 1 rings (SSSR count). The molecule has 0 heterocycles. The summed E-state index contributed by atoms with van der Waals surface area (Å²) in [7, 11) is -3.20. The third-order valence-electron chi connectivity index (χ3n) is 2.31. The van der Waals surface area contributed by atoms with E-state index in [1.165, 1.54) is 0 Å². The van der Waals surface area contributed by atoms with Crippen LogP contribution in [0.25, 0.3) is 0 Å². The van der Waals surface area contributed by atoms with Crippen LogP contribution in [0.5, 0.6) is 0 Å². The van der Waals surface area contributed by atoms with Crippen molar-refractivity contribution in [1.29, 1.82) is 0 Å². The first kappa shape index (κ1) is 15.7. The van der Waals surface area contributed by atoms with Gasteiger partial charge in [-0.2, -0.15) is 13.2 Å². The fraction of sp³-hybridized carbons (Fsp3) is 0.400. The van der Waals surface area contributed by atoms with Gasteiger partial charge in [-0.3, -0.25) is 0 Å². The van der Waals surface area contributed by atoms with E-state index in [0.29, 0.717) is 10.4 Å². The molecular formula is C10H12F4N2O2S. The van der Waals surface area contributed by atoms with Gasteiger partial charge in [-0.15, -0.1) is 0 Å². The van der Waals surface area contributed by atoms with E-state index in [4.69, 9.17) is 5.73 Å². The first-order valence-corrected chi connectivity index (χ1v) is 6.55. The van der Waals surface area contributed by atoms with Crippen molar-refractivity contribution in [3.8, 4) is 0 Å². The van der Waals surface area contributed by atoms with Crippen LogP contribution in [-0.2, 0) is 10.0 Å². The summed E-state index contributed by atoms with van der Waals surface area (Å²) < 4.78 is 73.4. The molecule has 2 N–H and O–H groups in total. The van der Waals surface area contributed by atoms with Gasteiger partial charge in [-0.25, -0.2) is 17.1 Å². The fourth-order valence-corrected chi connectivity index (χ4v) is 2.56. The molecule has 4 nitrogen and oxygen atoms in total. The topological polar surface area (TPSA) is 63.4 Å². The Morgan fingerprint density at radius 1 is 1.26 bits per heavy atom. The van der Waals surface area contributed by atoms with E-state index in [2.05, 4.69) is 0 Å². The van der Waals surface area contributed by atoms with Crippen molar-refractivity contribution in [2.45, 2.75) is 17.5 Å². The van der Waals surface area contributed by atoms with E-state index in [9.17, 15) is 26.0 Å². The summed E-state index contributed by atoms with van der Waals surface area (Å²) in [5.41, 5.74) is 5.17. The van der Waals surface area contributed by atoms with Crippen LogP contribution in [0.4, 0.5) is 23.2 Å². The summed E-state index contributed by atoms with van der Waals surface area (Å²) in [6.07, 6.45) is -5.75. The number of hydrogen-bond acceptors (Lipinski definition) is 3. The number of halogens is 4. The van der Waals surface area contributed by atoms with Crippen LogP contribution in [0.2, 0.25) is 0 Å². The monoisotopic (exact) mass is 300 g/mol. The number of rotatable bonds is 4. The van der Waals surface area contributed by atoms with Gasteiger partial charge >= 0.3 is 6.18 Å². The first-order valence-electron chi connectivity index (χ1n) is 5.11. The van der Waals surface area contributed by atoms with Gasteiger partial charge in [0.05, 0.1) is 11.3 Å². The highest BCUT2D eigenvalue weighted by atomic mass is 32.2. The molecule has 0 amide bonds. The quantitative estimate of drug-likeness (QED) is 0.683. The van der Waals surface area contributed by atoms with Gasteiger partial charge in [0.2, 0.25) is 10.0 Å². The number of benzene rings is 1. The molecule has 0 aliphatic carbocycles. The molecule has 0 radical (unpaired) electrons. The zero-order chi connectivity index (χ0) is 14.8. The molecule has 0 fully saturated rings. The second kappa shape index (κ2) is 5.33. The van der Waals surface area contributed by atoms with Gasteiger partial charge in [-0.05, 0) is 18.2 Å². The molecule has 0 unspecified atom stereocenters. The summed E-state index contributed by atoms with van der Waals surface area (Å²) in [6, 6.07) is 2.60. The molecule has 108 valence electrons. The largest absolute Gasteiger partial charge is 0.399 e. The molecule has 0 aliphatic rings. The number of nitrogens with two attached hydrogens (primary N) is 1. The third kappa shape index (κ3) is 4.35. The van der Waals surface area contributed by atoms with E-state index < -0.39 is 39.9 Å². The highest BCUT2D eigenvalue weighted by Crippen LogP contribution is 2.23. The average Bonchev–Trinajstić information content (AvgIpc) is 2.23. The lowest BCUT2D eigenvalue weighted by atomic mass is 10.3. The lowest BCUT2D eigenvalue weighted by Gasteiger charge is -2.18. The van der Waals surface area contributed by atoms with Crippen molar-refractivity contribution in [3.63, 3.8) is 0 Å². The van der Waals surface area contributed by atoms with E-state index in [-0.39, 0.29) is 5.69 Å². The zero-order valence-electron chi connectivity index (χ0n) is 9.91. The van der Waals surface area contributed by atoms with Crippen molar-refractivity contribution >= 4 is 15.7 Å². The smallest absolute Gasteiger partial charge is 0.390 e. The van der Waals surface area contributed by atoms with E-state index in [0.717, 1.165) is 19.2 Å². The van der Waals surface area contributed by atoms with Crippen LogP contribution < -0.4 is 5.73 Å². The minimum Gasteiger partial charge on any atom is -0.399 e. The van der Waals surface area contributed by atoms with E-state index in [1.54, 1.807) is 0 Å². The predicted octanol–water partition coefficient (Wildman–Crippen LogP) is 1.98. The number of anilines is 1.